The summed E-state index contributed by atoms with van der Waals surface area (Å²) in [6.07, 6.45) is 3.11. The number of benzene rings is 1. The lowest BCUT2D eigenvalue weighted by molar-refractivity contribution is -0.124. The molecule has 0 radical (unpaired) electrons. The lowest BCUT2D eigenvalue weighted by Crippen LogP contribution is -2.29. The van der Waals surface area contributed by atoms with E-state index in [0.717, 1.165) is 12.8 Å². The van der Waals surface area contributed by atoms with Crippen LogP contribution in [-0.4, -0.2) is 35.8 Å². The fourth-order valence-corrected chi connectivity index (χ4v) is 2.14. The molecule has 0 saturated carbocycles. The molecular formula is C18H20N2O4. The third-order valence-electron chi connectivity index (χ3n) is 3.45. The van der Waals surface area contributed by atoms with Crippen LogP contribution in [0.4, 0.5) is 0 Å². The van der Waals surface area contributed by atoms with Gasteiger partial charge in [0.15, 0.2) is 12.4 Å². The van der Waals surface area contributed by atoms with Crippen LogP contribution in [0.2, 0.25) is 0 Å². The Morgan fingerprint density at radius 2 is 1.92 bits per heavy atom. The van der Waals surface area contributed by atoms with E-state index in [-0.39, 0.29) is 24.0 Å². The lowest BCUT2D eigenvalue weighted by atomic mass is 10.1. The van der Waals surface area contributed by atoms with Crippen molar-refractivity contribution in [3.8, 4) is 0 Å². The molecule has 1 aromatic carbocycles. The molecule has 0 saturated heterocycles. The molecule has 0 unspecified atom stereocenters. The highest BCUT2D eigenvalue weighted by Crippen LogP contribution is 2.06. The predicted molar refractivity (Wildman–Crippen MR) is 88.9 cm³/mol. The number of ketones is 1. The molecule has 0 fully saturated rings. The van der Waals surface area contributed by atoms with Crippen LogP contribution in [-0.2, 0) is 16.0 Å². The van der Waals surface area contributed by atoms with Crippen LogP contribution < -0.4 is 5.32 Å². The number of Topliss-reactive ketones (excluding diaryl/α,β-unsaturated/α-hetero) is 1. The molecule has 1 amide bonds. The fourth-order valence-electron chi connectivity index (χ4n) is 2.14. The number of nitrogens with one attached hydrogen (secondary N) is 2. The van der Waals surface area contributed by atoms with Crippen molar-refractivity contribution >= 4 is 17.7 Å². The minimum atomic E-state index is -0.665. The first-order valence-corrected chi connectivity index (χ1v) is 7.73. The van der Waals surface area contributed by atoms with Crippen molar-refractivity contribution in [1.82, 2.24) is 10.3 Å². The second-order valence-electron chi connectivity index (χ2n) is 5.37. The van der Waals surface area contributed by atoms with Gasteiger partial charge in [-0.1, -0.05) is 30.3 Å². The summed E-state index contributed by atoms with van der Waals surface area (Å²) in [6.45, 7) is 1.57. The molecule has 0 aliphatic rings. The minimum absolute atomic E-state index is 0.150. The maximum atomic E-state index is 11.8. The maximum Gasteiger partial charge on any atom is 0.355 e. The van der Waals surface area contributed by atoms with Crippen molar-refractivity contribution in [1.29, 1.82) is 0 Å². The van der Waals surface area contributed by atoms with E-state index >= 15 is 0 Å². The zero-order valence-corrected chi connectivity index (χ0v) is 13.5. The van der Waals surface area contributed by atoms with Gasteiger partial charge in [-0.25, -0.2) is 4.79 Å². The molecule has 2 N–H and O–H groups in total. The van der Waals surface area contributed by atoms with E-state index in [2.05, 4.69) is 10.3 Å². The number of carbonyl (C=O) groups excluding carboxylic acids is 3. The van der Waals surface area contributed by atoms with Crippen molar-refractivity contribution in [3.05, 3.63) is 59.4 Å². The SMILES string of the molecule is CC(=O)c1c[nH]c(C(=O)OCC(=O)NCCCc2ccccc2)c1. The maximum absolute atomic E-state index is 11.8. The number of rotatable bonds is 8. The van der Waals surface area contributed by atoms with Crippen molar-refractivity contribution < 1.29 is 19.1 Å². The molecule has 126 valence electrons. The summed E-state index contributed by atoms with van der Waals surface area (Å²) in [5, 5.41) is 2.70. The molecule has 1 aromatic heterocycles. The van der Waals surface area contributed by atoms with Crippen molar-refractivity contribution in [2.45, 2.75) is 19.8 Å². The van der Waals surface area contributed by atoms with Crippen LogP contribution in [0.25, 0.3) is 0 Å². The van der Waals surface area contributed by atoms with Crippen molar-refractivity contribution in [2.24, 2.45) is 0 Å². The second-order valence-corrected chi connectivity index (χ2v) is 5.37. The first kappa shape index (κ1) is 17.5. The fraction of sp³-hybridized carbons (Fsp3) is 0.278. The topological polar surface area (TPSA) is 88.3 Å². The summed E-state index contributed by atoms with van der Waals surface area (Å²) in [6, 6.07) is 11.4. The molecule has 2 aromatic rings. The summed E-state index contributed by atoms with van der Waals surface area (Å²) < 4.78 is 4.90. The van der Waals surface area contributed by atoms with Gasteiger partial charge in [0.25, 0.3) is 5.91 Å². The Morgan fingerprint density at radius 3 is 2.58 bits per heavy atom. The van der Waals surface area contributed by atoms with Crippen LogP contribution in [0.15, 0.2) is 42.6 Å². The Balaban J connectivity index is 1.65. The highest BCUT2D eigenvalue weighted by atomic mass is 16.5. The van der Waals surface area contributed by atoms with Crippen LogP contribution in [0.3, 0.4) is 0 Å². The number of ether oxygens (including phenoxy) is 1. The van der Waals surface area contributed by atoms with E-state index in [0.29, 0.717) is 12.1 Å². The molecule has 0 atom stereocenters. The minimum Gasteiger partial charge on any atom is -0.451 e. The van der Waals surface area contributed by atoms with Gasteiger partial charge in [-0.05, 0) is 31.4 Å². The van der Waals surface area contributed by atoms with Gasteiger partial charge in [0, 0.05) is 18.3 Å². The van der Waals surface area contributed by atoms with Gasteiger partial charge >= 0.3 is 5.97 Å². The summed E-state index contributed by atoms with van der Waals surface area (Å²) in [5.74, 6) is -1.17. The van der Waals surface area contributed by atoms with Crippen LogP contribution in [0.5, 0.6) is 0 Å². The molecule has 6 nitrogen and oxygen atoms in total. The number of carbonyl (C=O) groups is 3. The number of hydrogen-bond donors (Lipinski definition) is 2. The Kier molecular flexibility index (Phi) is 6.31. The van der Waals surface area contributed by atoms with Crippen LogP contribution in [0, 0.1) is 0 Å². The lowest BCUT2D eigenvalue weighted by Gasteiger charge is -2.06. The third-order valence-corrected chi connectivity index (χ3v) is 3.45. The zero-order chi connectivity index (χ0) is 17.4. The van der Waals surface area contributed by atoms with Crippen molar-refractivity contribution in [3.63, 3.8) is 0 Å². The van der Waals surface area contributed by atoms with Gasteiger partial charge in [-0.2, -0.15) is 0 Å². The zero-order valence-electron chi connectivity index (χ0n) is 13.5. The normalized spacial score (nSPS) is 10.2. The van der Waals surface area contributed by atoms with Gasteiger partial charge in [0.1, 0.15) is 5.69 Å². The third kappa shape index (κ3) is 5.39. The Hall–Kier alpha value is -2.89. The molecular weight excluding hydrogens is 308 g/mol. The molecule has 0 spiro atoms. The highest BCUT2D eigenvalue weighted by molar-refractivity contribution is 5.97. The predicted octanol–water partition coefficient (Wildman–Crippen LogP) is 2.12. The number of aromatic nitrogens is 1. The summed E-state index contributed by atoms with van der Waals surface area (Å²) in [4.78, 5) is 37.2. The van der Waals surface area contributed by atoms with Crippen LogP contribution >= 0.6 is 0 Å². The van der Waals surface area contributed by atoms with Gasteiger partial charge in [0.2, 0.25) is 0 Å². The first-order chi connectivity index (χ1) is 11.6. The molecule has 0 aliphatic carbocycles. The molecule has 6 heteroatoms. The van der Waals surface area contributed by atoms with Crippen molar-refractivity contribution in [2.75, 3.05) is 13.2 Å². The first-order valence-electron chi connectivity index (χ1n) is 7.73. The van der Waals surface area contributed by atoms with E-state index in [1.54, 1.807) is 0 Å². The monoisotopic (exact) mass is 328 g/mol. The number of aryl methyl sites for hydroxylation is 1. The van der Waals surface area contributed by atoms with Gasteiger partial charge in [0.05, 0.1) is 0 Å². The smallest absolute Gasteiger partial charge is 0.355 e. The Labute approximate surface area is 140 Å². The number of aromatic amines is 1. The quantitative estimate of drug-likeness (QED) is 0.441. The summed E-state index contributed by atoms with van der Waals surface area (Å²) in [5.41, 5.74) is 1.76. The number of H-pyrrole nitrogens is 1. The van der Waals surface area contributed by atoms with Crippen LogP contribution in [0.1, 0.15) is 39.8 Å². The molecule has 1 heterocycles. The molecule has 24 heavy (non-hydrogen) atoms. The largest absolute Gasteiger partial charge is 0.451 e. The van der Waals surface area contributed by atoms with E-state index in [4.69, 9.17) is 4.74 Å². The summed E-state index contributed by atoms with van der Waals surface area (Å²) in [7, 11) is 0. The van der Waals surface area contributed by atoms with E-state index in [1.165, 1.54) is 24.8 Å². The summed E-state index contributed by atoms with van der Waals surface area (Å²) >= 11 is 0. The number of hydrogen-bond acceptors (Lipinski definition) is 4. The molecule has 2 rings (SSSR count). The Bertz CT molecular complexity index is 707. The average Bonchev–Trinajstić information content (AvgIpc) is 3.08. The molecule has 0 bridgehead atoms. The van der Waals surface area contributed by atoms with E-state index in [9.17, 15) is 14.4 Å². The Morgan fingerprint density at radius 1 is 1.17 bits per heavy atom. The van der Waals surface area contributed by atoms with Gasteiger partial charge in [-0.15, -0.1) is 0 Å². The van der Waals surface area contributed by atoms with E-state index < -0.39 is 5.97 Å². The van der Waals surface area contributed by atoms with Gasteiger partial charge in [-0.3, -0.25) is 9.59 Å². The highest BCUT2D eigenvalue weighted by Gasteiger charge is 2.13. The van der Waals surface area contributed by atoms with E-state index in [1.807, 2.05) is 30.3 Å². The standard InChI is InChI=1S/C18H20N2O4/c1-13(21)15-10-16(20-11-15)18(23)24-12-17(22)19-9-5-8-14-6-3-2-4-7-14/h2-4,6-7,10-11,20H,5,8-9,12H2,1H3,(H,19,22). The number of esters is 1. The number of amides is 1. The second kappa shape index (κ2) is 8.67. The average molecular weight is 328 g/mol. The van der Waals surface area contributed by atoms with Gasteiger partial charge < -0.3 is 15.0 Å². The molecule has 0 aliphatic heterocycles.